The highest BCUT2D eigenvalue weighted by molar-refractivity contribution is 7.91. The van der Waals surface area contributed by atoms with Gasteiger partial charge < -0.3 is 15.5 Å². The van der Waals surface area contributed by atoms with Crippen LogP contribution in [0, 0.1) is 11.7 Å². The summed E-state index contributed by atoms with van der Waals surface area (Å²) in [5.74, 6) is 0.235. The number of likely N-dealkylation sites (tertiary alicyclic amines) is 1. The van der Waals surface area contributed by atoms with E-state index < -0.39 is 9.84 Å². The average molecular weight is 426 g/mol. The first-order chi connectivity index (χ1) is 13.8. The molecule has 0 bridgehead atoms. The van der Waals surface area contributed by atoms with Crippen molar-refractivity contribution >= 4 is 21.8 Å². The molecule has 2 fully saturated rings. The molecule has 0 saturated carbocycles. The molecule has 0 radical (unpaired) electrons. The quantitative estimate of drug-likeness (QED) is 0.727. The van der Waals surface area contributed by atoms with Gasteiger partial charge in [0.15, 0.2) is 9.84 Å². The summed E-state index contributed by atoms with van der Waals surface area (Å²) in [5.41, 5.74) is 0.856. The summed E-state index contributed by atoms with van der Waals surface area (Å²) >= 11 is 0. The van der Waals surface area contributed by atoms with Crippen molar-refractivity contribution in [1.29, 1.82) is 0 Å². The van der Waals surface area contributed by atoms with Crippen LogP contribution in [-0.4, -0.2) is 55.9 Å². The molecule has 7 nitrogen and oxygen atoms in total. The Kier molecular flexibility index (Phi) is 7.10. The summed E-state index contributed by atoms with van der Waals surface area (Å²) in [6, 6.07) is 5.57. The number of rotatable bonds is 6. The van der Waals surface area contributed by atoms with Gasteiger partial charge >= 0.3 is 6.03 Å². The first kappa shape index (κ1) is 21.5. The average Bonchev–Trinajstić information content (AvgIpc) is 3.04. The Morgan fingerprint density at radius 2 is 1.79 bits per heavy atom. The maximum atomic E-state index is 12.9. The number of hydrogen-bond acceptors (Lipinski definition) is 4. The molecule has 160 valence electrons. The van der Waals surface area contributed by atoms with E-state index in [1.807, 2.05) is 0 Å². The highest BCUT2D eigenvalue weighted by Gasteiger charge is 2.31. The number of carbonyl (C=O) groups is 2. The smallest absolute Gasteiger partial charge is 0.317 e. The van der Waals surface area contributed by atoms with Crippen molar-refractivity contribution in [1.82, 2.24) is 15.5 Å². The highest BCUT2D eigenvalue weighted by Crippen LogP contribution is 2.22. The molecule has 0 aliphatic carbocycles. The normalized spacial score (nSPS) is 21.7. The minimum Gasteiger partial charge on any atom is -0.352 e. The summed E-state index contributed by atoms with van der Waals surface area (Å²) in [6.07, 6.45) is 3.35. The van der Waals surface area contributed by atoms with Gasteiger partial charge in [0.25, 0.3) is 0 Å². The molecule has 2 heterocycles. The lowest BCUT2D eigenvalue weighted by molar-refractivity contribution is -0.121. The monoisotopic (exact) mass is 425 g/mol. The van der Waals surface area contributed by atoms with E-state index in [4.69, 9.17) is 0 Å². The van der Waals surface area contributed by atoms with E-state index in [1.54, 1.807) is 17.0 Å². The number of nitrogens with zero attached hydrogens (tertiary/aromatic N) is 1. The van der Waals surface area contributed by atoms with Gasteiger partial charge in [-0.05, 0) is 49.3 Å². The van der Waals surface area contributed by atoms with Crippen molar-refractivity contribution in [2.24, 2.45) is 5.92 Å². The Labute approximate surface area is 171 Å². The van der Waals surface area contributed by atoms with E-state index in [2.05, 4.69) is 10.6 Å². The zero-order valence-corrected chi connectivity index (χ0v) is 17.2. The molecule has 1 unspecified atom stereocenters. The fraction of sp³-hybridized carbons (Fsp3) is 0.600. The second kappa shape index (κ2) is 9.56. The van der Waals surface area contributed by atoms with E-state index in [-0.39, 0.29) is 35.3 Å². The number of carbonyl (C=O) groups excluding carboxylic acids is 2. The Balaban J connectivity index is 1.31. The van der Waals surface area contributed by atoms with Gasteiger partial charge in [-0.15, -0.1) is 0 Å². The molecule has 1 aromatic rings. The Morgan fingerprint density at radius 1 is 1.10 bits per heavy atom. The van der Waals surface area contributed by atoms with Crippen molar-refractivity contribution in [3.63, 3.8) is 0 Å². The Bertz CT molecular complexity index is 821. The minimum absolute atomic E-state index is 0.0300. The number of piperidine rings is 1. The molecule has 3 amide bonds. The molecule has 9 heteroatoms. The lowest BCUT2D eigenvalue weighted by Gasteiger charge is -2.32. The first-order valence-electron chi connectivity index (χ1n) is 10.1. The van der Waals surface area contributed by atoms with Crippen LogP contribution in [-0.2, 0) is 21.2 Å². The zero-order valence-electron chi connectivity index (χ0n) is 16.4. The third-order valence-corrected chi connectivity index (χ3v) is 7.41. The largest absolute Gasteiger partial charge is 0.352 e. The van der Waals surface area contributed by atoms with Crippen LogP contribution >= 0.6 is 0 Å². The van der Waals surface area contributed by atoms with Crippen LogP contribution in [0.15, 0.2) is 24.3 Å². The summed E-state index contributed by atoms with van der Waals surface area (Å²) in [7, 11) is -3.01. The van der Waals surface area contributed by atoms with Crippen molar-refractivity contribution < 1.29 is 22.4 Å². The molecular formula is C20H28FN3O4S. The van der Waals surface area contributed by atoms with Crippen molar-refractivity contribution in [3.05, 3.63) is 35.6 Å². The molecule has 1 atom stereocenters. The summed E-state index contributed by atoms with van der Waals surface area (Å²) in [4.78, 5) is 26.1. The van der Waals surface area contributed by atoms with Gasteiger partial charge in [0.2, 0.25) is 5.91 Å². The van der Waals surface area contributed by atoms with E-state index in [0.717, 1.165) is 24.8 Å². The zero-order chi connectivity index (χ0) is 20.9. The molecule has 0 spiro atoms. The summed E-state index contributed by atoms with van der Waals surface area (Å²) < 4.78 is 35.9. The molecular weight excluding hydrogens is 397 g/mol. The van der Waals surface area contributed by atoms with Crippen LogP contribution in [0.4, 0.5) is 9.18 Å². The number of urea groups is 1. The molecule has 3 rings (SSSR count). The second-order valence-corrected chi connectivity index (χ2v) is 10.2. The maximum absolute atomic E-state index is 12.9. The molecule has 2 aliphatic rings. The van der Waals surface area contributed by atoms with Gasteiger partial charge in [-0.3, -0.25) is 4.79 Å². The number of sulfone groups is 1. The molecule has 2 N–H and O–H groups in total. The van der Waals surface area contributed by atoms with Crippen molar-refractivity contribution in [2.45, 2.75) is 44.7 Å². The van der Waals surface area contributed by atoms with Gasteiger partial charge in [-0.1, -0.05) is 12.1 Å². The Hall–Kier alpha value is -2.16. The van der Waals surface area contributed by atoms with Gasteiger partial charge in [0.1, 0.15) is 5.82 Å². The van der Waals surface area contributed by atoms with Crippen molar-refractivity contribution in [3.8, 4) is 0 Å². The van der Waals surface area contributed by atoms with Crippen molar-refractivity contribution in [2.75, 3.05) is 24.6 Å². The SMILES string of the molecule is O=C(CCC1CCN(C(=O)NC2CCS(=O)(=O)C2)CC1)NCc1ccc(F)cc1. The maximum Gasteiger partial charge on any atom is 0.317 e. The molecule has 29 heavy (non-hydrogen) atoms. The molecule has 1 aromatic carbocycles. The van der Waals surface area contributed by atoms with Gasteiger partial charge in [0, 0.05) is 32.1 Å². The number of hydrogen-bond donors (Lipinski definition) is 2. The molecule has 2 saturated heterocycles. The summed E-state index contributed by atoms with van der Waals surface area (Å²) in [5, 5.41) is 5.67. The van der Waals surface area contributed by atoms with Crippen LogP contribution < -0.4 is 10.6 Å². The minimum atomic E-state index is -3.01. The fourth-order valence-corrected chi connectivity index (χ4v) is 5.50. The first-order valence-corrected chi connectivity index (χ1v) is 11.9. The highest BCUT2D eigenvalue weighted by atomic mass is 32.2. The van der Waals surface area contributed by atoms with Gasteiger partial charge in [0.05, 0.1) is 11.5 Å². The molecule has 2 aliphatic heterocycles. The van der Waals surface area contributed by atoms with E-state index in [0.29, 0.717) is 38.4 Å². The standard InChI is InChI=1S/C20H28FN3O4S/c21-17-4-1-16(2-5-17)13-22-19(25)6-3-15-7-10-24(11-8-15)20(26)23-18-9-12-29(27,28)14-18/h1-2,4-5,15,18H,3,6-14H2,(H,22,25)(H,23,26). The lowest BCUT2D eigenvalue weighted by atomic mass is 9.92. The van der Waals surface area contributed by atoms with E-state index in [9.17, 15) is 22.4 Å². The number of amides is 3. The van der Waals surface area contributed by atoms with E-state index in [1.165, 1.54) is 12.1 Å². The third-order valence-electron chi connectivity index (χ3n) is 5.64. The van der Waals surface area contributed by atoms with E-state index >= 15 is 0 Å². The molecule has 0 aromatic heterocycles. The van der Waals surface area contributed by atoms with Crippen LogP contribution in [0.25, 0.3) is 0 Å². The van der Waals surface area contributed by atoms with Crippen LogP contribution in [0.1, 0.15) is 37.7 Å². The third kappa shape index (κ3) is 6.69. The predicted molar refractivity (Wildman–Crippen MR) is 107 cm³/mol. The fourth-order valence-electron chi connectivity index (χ4n) is 3.83. The van der Waals surface area contributed by atoms with Gasteiger partial charge in [-0.2, -0.15) is 0 Å². The van der Waals surface area contributed by atoms with Crippen LogP contribution in [0.5, 0.6) is 0 Å². The predicted octanol–water partition coefficient (Wildman–Crippen LogP) is 1.83. The lowest BCUT2D eigenvalue weighted by Crippen LogP contribution is -2.48. The topological polar surface area (TPSA) is 95.6 Å². The number of nitrogens with one attached hydrogen (secondary N) is 2. The Morgan fingerprint density at radius 3 is 2.41 bits per heavy atom. The number of benzene rings is 1. The number of halogens is 1. The summed E-state index contributed by atoms with van der Waals surface area (Å²) in [6.45, 7) is 1.62. The van der Waals surface area contributed by atoms with Gasteiger partial charge in [-0.25, -0.2) is 17.6 Å². The van der Waals surface area contributed by atoms with Crippen LogP contribution in [0.3, 0.4) is 0 Å². The van der Waals surface area contributed by atoms with Crippen LogP contribution in [0.2, 0.25) is 0 Å². The second-order valence-electron chi connectivity index (χ2n) is 7.92.